The number of aromatic amines is 1. The van der Waals surface area contributed by atoms with Crippen molar-refractivity contribution in [3.63, 3.8) is 0 Å². The number of carbonyl (C=O) groups is 2. The Morgan fingerprint density at radius 3 is 2.72 bits per heavy atom. The van der Waals surface area contributed by atoms with Crippen LogP contribution in [0.2, 0.25) is 5.02 Å². The maximum atomic E-state index is 12.1. The molecule has 7 nitrogen and oxygen atoms in total. The van der Waals surface area contributed by atoms with Gasteiger partial charge in [0.05, 0.1) is 7.11 Å². The van der Waals surface area contributed by atoms with Crippen molar-refractivity contribution in [2.75, 3.05) is 7.11 Å². The summed E-state index contributed by atoms with van der Waals surface area (Å²) in [6.45, 7) is 1.64. The first-order valence-electron chi connectivity index (χ1n) is 7.39. The van der Waals surface area contributed by atoms with Crippen molar-refractivity contribution in [1.82, 2.24) is 10.3 Å². The smallest absolute Gasteiger partial charge is 0.328 e. The first kappa shape index (κ1) is 18.5. The first-order chi connectivity index (χ1) is 11.9. The van der Waals surface area contributed by atoms with Crippen LogP contribution in [0.25, 0.3) is 0 Å². The van der Waals surface area contributed by atoms with E-state index < -0.39 is 23.3 Å². The Hall–Kier alpha value is -2.80. The number of amides is 1. The third-order valence-electron chi connectivity index (χ3n) is 3.31. The molecule has 25 heavy (non-hydrogen) atoms. The summed E-state index contributed by atoms with van der Waals surface area (Å²) >= 11 is 5.89. The highest BCUT2D eigenvalue weighted by Gasteiger charge is 2.18. The normalized spacial score (nSPS) is 11.5. The molecule has 1 aromatic carbocycles. The fourth-order valence-corrected chi connectivity index (χ4v) is 2.21. The van der Waals surface area contributed by atoms with Gasteiger partial charge in [0.15, 0.2) is 5.75 Å². The Morgan fingerprint density at radius 1 is 1.32 bits per heavy atom. The molecule has 0 spiro atoms. The Balaban J connectivity index is 2.03. The Labute approximate surface area is 148 Å². The third-order valence-corrected chi connectivity index (χ3v) is 3.54. The first-order valence-corrected chi connectivity index (χ1v) is 7.77. The van der Waals surface area contributed by atoms with Crippen molar-refractivity contribution < 1.29 is 19.1 Å². The number of nitrogens with one attached hydrogen (secondary N) is 2. The van der Waals surface area contributed by atoms with Crippen molar-refractivity contribution in [2.24, 2.45) is 0 Å². The van der Waals surface area contributed by atoms with Crippen LogP contribution in [-0.4, -0.2) is 30.0 Å². The van der Waals surface area contributed by atoms with Gasteiger partial charge in [-0.2, -0.15) is 0 Å². The van der Waals surface area contributed by atoms with Crippen LogP contribution in [0, 0.1) is 0 Å². The Morgan fingerprint density at radius 2 is 2.08 bits per heavy atom. The number of esters is 1. The van der Waals surface area contributed by atoms with E-state index in [0.717, 1.165) is 11.6 Å². The molecule has 1 aromatic heterocycles. The Kier molecular flexibility index (Phi) is 6.19. The predicted molar refractivity (Wildman–Crippen MR) is 91.8 cm³/mol. The van der Waals surface area contributed by atoms with Crippen LogP contribution in [0.5, 0.6) is 5.75 Å². The maximum Gasteiger partial charge on any atom is 0.328 e. The van der Waals surface area contributed by atoms with Gasteiger partial charge >= 0.3 is 5.97 Å². The number of halogens is 1. The zero-order valence-corrected chi connectivity index (χ0v) is 14.4. The molecule has 0 bridgehead atoms. The average molecular weight is 365 g/mol. The highest BCUT2D eigenvalue weighted by Crippen LogP contribution is 2.12. The van der Waals surface area contributed by atoms with E-state index in [1.807, 2.05) is 6.07 Å². The summed E-state index contributed by atoms with van der Waals surface area (Å²) in [4.78, 5) is 38.1. The minimum atomic E-state index is -0.834. The van der Waals surface area contributed by atoms with E-state index in [4.69, 9.17) is 16.3 Å². The molecule has 132 valence electrons. The number of benzene rings is 1. The zero-order valence-electron chi connectivity index (χ0n) is 13.7. The van der Waals surface area contributed by atoms with Crippen LogP contribution in [0.1, 0.15) is 23.0 Å². The summed E-state index contributed by atoms with van der Waals surface area (Å²) < 4.78 is 9.96. The number of H-pyrrole nitrogens is 1. The van der Waals surface area contributed by atoms with Crippen molar-refractivity contribution in [1.29, 1.82) is 0 Å². The molecule has 2 N–H and O–H groups in total. The summed E-state index contributed by atoms with van der Waals surface area (Å²) in [5, 5.41) is 2.99. The van der Waals surface area contributed by atoms with E-state index in [1.165, 1.54) is 20.2 Å². The molecular weight excluding hydrogens is 348 g/mol. The molecule has 0 unspecified atom stereocenters. The third kappa shape index (κ3) is 5.09. The van der Waals surface area contributed by atoms with Crippen LogP contribution >= 0.6 is 11.6 Å². The van der Waals surface area contributed by atoms with Crippen LogP contribution in [0.4, 0.5) is 0 Å². The van der Waals surface area contributed by atoms with Gasteiger partial charge in [0, 0.05) is 17.3 Å². The van der Waals surface area contributed by atoms with E-state index >= 15 is 0 Å². The van der Waals surface area contributed by atoms with E-state index in [2.05, 4.69) is 15.0 Å². The average Bonchev–Trinajstić information content (AvgIpc) is 2.59. The van der Waals surface area contributed by atoms with E-state index in [1.54, 1.807) is 18.2 Å². The second-order valence-corrected chi connectivity index (χ2v) is 5.65. The molecule has 0 saturated heterocycles. The van der Waals surface area contributed by atoms with Crippen LogP contribution in [-0.2, 0) is 16.1 Å². The fraction of sp³-hybridized carbons (Fsp3) is 0.235. The number of methoxy groups -OCH3 is 1. The van der Waals surface area contributed by atoms with Gasteiger partial charge < -0.3 is 19.8 Å². The van der Waals surface area contributed by atoms with Crippen molar-refractivity contribution in [2.45, 2.75) is 19.6 Å². The molecule has 2 aromatic rings. The molecule has 2 rings (SSSR count). The zero-order chi connectivity index (χ0) is 18.4. The van der Waals surface area contributed by atoms with Crippen molar-refractivity contribution in [3.05, 3.63) is 63.0 Å². The molecule has 1 atom stereocenters. The second-order valence-electron chi connectivity index (χ2n) is 5.21. The summed E-state index contributed by atoms with van der Waals surface area (Å²) in [5.74, 6) is -1.12. The number of hydrogen-bond donors (Lipinski definition) is 2. The second kappa shape index (κ2) is 8.34. The topological polar surface area (TPSA) is 97.5 Å². The molecule has 1 amide bonds. The molecule has 0 aliphatic rings. The number of aromatic nitrogens is 1. The van der Waals surface area contributed by atoms with Gasteiger partial charge in [-0.3, -0.25) is 9.59 Å². The molecule has 8 heteroatoms. The largest absolute Gasteiger partial charge is 0.483 e. The van der Waals surface area contributed by atoms with Gasteiger partial charge in [-0.25, -0.2) is 4.79 Å². The van der Waals surface area contributed by atoms with E-state index in [9.17, 15) is 14.4 Å². The summed E-state index contributed by atoms with van der Waals surface area (Å²) in [6.07, 6.45) is 1.30. The SMILES string of the molecule is COC(=O)[C@@H](C)NC(=O)c1cc(=O)c(OCc2cccc(Cl)c2)c[nH]1. The monoisotopic (exact) mass is 364 g/mol. The maximum absolute atomic E-state index is 12.1. The minimum absolute atomic E-state index is 0.0101. The summed E-state index contributed by atoms with van der Waals surface area (Å²) in [5.41, 5.74) is 0.355. The van der Waals surface area contributed by atoms with Crippen LogP contribution in [0.15, 0.2) is 41.3 Å². The van der Waals surface area contributed by atoms with Crippen LogP contribution < -0.4 is 15.5 Å². The molecule has 0 fully saturated rings. The predicted octanol–water partition coefficient (Wildman–Crippen LogP) is 1.90. The number of hydrogen-bond acceptors (Lipinski definition) is 5. The van der Waals surface area contributed by atoms with Gasteiger partial charge in [-0.05, 0) is 24.6 Å². The highest BCUT2D eigenvalue weighted by molar-refractivity contribution is 6.30. The van der Waals surface area contributed by atoms with Gasteiger partial charge in [-0.1, -0.05) is 23.7 Å². The molecule has 0 saturated carbocycles. The number of carbonyl (C=O) groups excluding carboxylic acids is 2. The standard InChI is InChI=1S/C17H17ClN2O5/c1-10(17(23)24-2)20-16(22)13-7-14(21)15(8-19-13)25-9-11-4-3-5-12(18)6-11/h3-8,10H,9H2,1-2H3,(H,19,21)(H,20,22)/t10-/m1/s1. The summed E-state index contributed by atoms with van der Waals surface area (Å²) in [6, 6.07) is 7.33. The van der Waals surface area contributed by atoms with Gasteiger partial charge in [-0.15, -0.1) is 0 Å². The lowest BCUT2D eigenvalue weighted by molar-refractivity contribution is -0.142. The minimum Gasteiger partial charge on any atom is -0.483 e. The molecule has 1 heterocycles. The number of pyridine rings is 1. The van der Waals surface area contributed by atoms with Gasteiger partial charge in [0.1, 0.15) is 18.3 Å². The molecule has 0 aliphatic heterocycles. The quantitative estimate of drug-likeness (QED) is 0.763. The van der Waals surface area contributed by atoms with Crippen LogP contribution in [0.3, 0.4) is 0 Å². The lowest BCUT2D eigenvalue weighted by Crippen LogP contribution is -2.39. The number of rotatable bonds is 6. The molecular formula is C17H17ClN2O5. The van der Waals surface area contributed by atoms with E-state index in [-0.39, 0.29) is 18.1 Å². The van der Waals surface area contributed by atoms with Gasteiger partial charge in [0.2, 0.25) is 5.43 Å². The lowest BCUT2D eigenvalue weighted by Gasteiger charge is -2.11. The lowest BCUT2D eigenvalue weighted by atomic mass is 10.2. The fourth-order valence-electron chi connectivity index (χ4n) is 2.00. The highest BCUT2D eigenvalue weighted by atomic mass is 35.5. The van der Waals surface area contributed by atoms with E-state index in [0.29, 0.717) is 5.02 Å². The van der Waals surface area contributed by atoms with Crippen molar-refractivity contribution in [3.8, 4) is 5.75 Å². The summed E-state index contributed by atoms with van der Waals surface area (Å²) in [7, 11) is 1.22. The number of ether oxygens (including phenoxy) is 2. The van der Waals surface area contributed by atoms with Gasteiger partial charge in [0.25, 0.3) is 5.91 Å². The van der Waals surface area contributed by atoms with Crippen molar-refractivity contribution >= 4 is 23.5 Å². The Bertz CT molecular complexity index is 834. The molecule has 0 radical (unpaired) electrons. The molecule has 0 aliphatic carbocycles.